The number of rotatable bonds is 8. The molecule has 0 unspecified atom stereocenters. The summed E-state index contributed by atoms with van der Waals surface area (Å²) in [6.07, 6.45) is 0. The second-order valence-electron chi connectivity index (χ2n) is 8.87. The van der Waals surface area contributed by atoms with Crippen LogP contribution in [0, 0.1) is 0 Å². The summed E-state index contributed by atoms with van der Waals surface area (Å²) in [6, 6.07) is 16.1. The number of nitrogens with zero attached hydrogens (tertiary/aromatic N) is 1. The number of thiophene rings is 1. The number of fused-ring (bicyclic) bond motifs is 1. The number of hydrogen-bond acceptors (Lipinski definition) is 5. The molecule has 2 aromatic heterocycles. The lowest BCUT2D eigenvalue weighted by molar-refractivity contribution is -0.113. The van der Waals surface area contributed by atoms with Crippen molar-refractivity contribution in [1.82, 2.24) is 9.97 Å². The van der Waals surface area contributed by atoms with Gasteiger partial charge in [-0.2, -0.15) is 0 Å². The fourth-order valence-corrected chi connectivity index (χ4v) is 5.66. The number of amides is 1. The summed E-state index contributed by atoms with van der Waals surface area (Å²) in [6.45, 7) is 8.54. The Balaban J connectivity index is 1.45. The lowest BCUT2D eigenvalue weighted by atomic mass is 9.92. The van der Waals surface area contributed by atoms with E-state index in [9.17, 15) is 9.59 Å². The summed E-state index contributed by atoms with van der Waals surface area (Å²) < 4.78 is 0. The largest absolute Gasteiger partial charge is 0.325 e. The van der Waals surface area contributed by atoms with Crippen LogP contribution in [0.5, 0.6) is 0 Å². The smallest absolute Gasteiger partial charge is 0.260 e. The molecule has 0 saturated heterocycles. The molecule has 34 heavy (non-hydrogen) atoms. The zero-order valence-electron chi connectivity index (χ0n) is 19.8. The Morgan fingerprint density at radius 2 is 1.71 bits per heavy atom. The number of benzene rings is 2. The maximum atomic E-state index is 12.8. The van der Waals surface area contributed by atoms with E-state index in [1.807, 2.05) is 35.7 Å². The second-order valence-corrected chi connectivity index (χ2v) is 10.7. The van der Waals surface area contributed by atoms with Gasteiger partial charge in [0.15, 0.2) is 0 Å². The molecule has 2 N–H and O–H groups in total. The predicted molar refractivity (Wildman–Crippen MR) is 145 cm³/mol. The van der Waals surface area contributed by atoms with Crippen molar-refractivity contribution in [2.45, 2.75) is 45.3 Å². The van der Waals surface area contributed by atoms with Gasteiger partial charge in [-0.15, -0.1) is 23.1 Å². The first-order valence-corrected chi connectivity index (χ1v) is 13.4. The number of nitrogens with one attached hydrogen (secondary N) is 2. The SMILES string of the molecule is CC(C)c1cccc(C(C)C)c1NC(=O)CSCc1nc2scc(-c3ccccc3)c2c(=O)[nH]1. The van der Waals surface area contributed by atoms with E-state index in [2.05, 4.69) is 61.2 Å². The minimum atomic E-state index is -0.141. The number of anilines is 1. The third kappa shape index (κ3) is 5.26. The van der Waals surface area contributed by atoms with Gasteiger partial charge in [0.1, 0.15) is 10.7 Å². The van der Waals surface area contributed by atoms with Crippen molar-refractivity contribution in [1.29, 1.82) is 0 Å². The Hall–Kier alpha value is -2.90. The van der Waals surface area contributed by atoms with E-state index < -0.39 is 0 Å². The fourth-order valence-electron chi connectivity index (χ4n) is 4.00. The number of carbonyl (C=O) groups excluding carboxylic acids is 1. The molecule has 176 valence electrons. The van der Waals surface area contributed by atoms with Gasteiger partial charge in [-0.1, -0.05) is 76.2 Å². The van der Waals surface area contributed by atoms with Crippen LogP contribution in [-0.2, 0) is 10.5 Å². The van der Waals surface area contributed by atoms with Crippen LogP contribution in [0.1, 0.15) is 56.5 Å². The molecular weight excluding hydrogens is 462 g/mol. The summed E-state index contributed by atoms with van der Waals surface area (Å²) in [5.74, 6) is 1.91. The van der Waals surface area contributed by atoms with E-state index in [1.54, 1.807) is 0 Å². The van der Waals surface area contributed by atoms with Crippen molar-refractivity contribution in [2.75, 3.05) is 11.1 Å². The van der Waals surface area contributed by atoms with Gasteiger partial charge in [0, 0.05) is 16.6 Å². The average molecular weight is 492 g/mol. The van der Waals surface area contributed by atoms with Gasteiger partial charge >= 0.3 is 0 Å². The van der Waals surface area contributed by atoms with Gasteiger partial charge in [0.25, 0.3) is 5.56 Å². The van der Waals surface area contributed by atoms with Gasteiger partial charge in [0.05, 0.1) is 16.9 Å². The number of aromatic nitrogens is 2. The van der Waals surface area contributed by atoms with Crippen LogP contribution in [0.25, 0.3) is 21.3 Å². The maximum Gasteiger partial charge on any atom is 0.260 e. The lowest BCUT2D eigenvalue weighted by Gasteiger charge is -2.20. The molecule has 0 atom stereocenters. The van der Waals surface area contributed by atoms with Crippen LogP contribution in [0.15, 0.2) is 58.7 Å². The number of aromatic amines is 1. The van der Waals surface area contributed by atoms with Crippen molar-refractivity contribution in [2.24, 2.45) is 0 Å². The zero-order valence-corrected chi connectivity index (χ0v) is 21.5. The minimum absolute atomic E-state index is 0.0501. The molecule has 4 rings (SSSR count). The standard InChI is InChI=1S/C27H29N3O2S2/c1-16(2)19-11-8-12-20(17(3)4)25(19)30-23(31)15-33-14-22-28-26(32)24-21(13-34-27(24)29-22)18-9-6-5-7-10-18/h5-13,16-17H,14-15H2,1-4H3,(H,30,31)(H,28,29,32). The van der Waals surface area contributed by atoms with Crippen molar-refractivity contribution in [3.63, 3.8) is 0 Å². The Morgan fingerprint density at radius 1 is 1.03 bits per heavy atom. The molecule has 2 heterocycles. The highest BCUT2D eigenvalue weighted by atomic mass is 32.2. The molecule has 5 nitrogen and oxygen atoms in total. The Morgan fingerprint density at radius 3 is 2.35 bits per heavy atom. The van der Waals surface area contributed by atoms with Crippen molar-refractivity contribution >= 4 is 44.9 Å². The average Bonchev–Trinajstić information content (AvgIpc) is 3.24. The van der Waals surface area contributed by atoms with Crippen LogP contribution in [-0.4, -0.2) is 21.6 Å². The molecule has 4 aromatic rings. The number of thioether (sulfide) groups is 1. The van der Waals surface area contributed by atoms with E-state index in [0.29, 0.717) is 28.8 Å². The quantitative estimate of drug-likeness (QED) is 0.285. The monoisotopic (exact) mass is 491 g/mol. The Labute approximate surface area is 208 Å². The number of hydrogen-bond donors (Lipinski definition) is 2. The van der Waals surface area contributed by atoms with Crippen LogP contribution >= 0.6 is 23.1 Å². The van der Waals surface area contributed by atoms with Crippen LogP contribution in [0.4, 0.5) is 5.69 Å². The normalized spacial score (nSPS) is 11.5. The fraction of sp³-hybridized carbons (Fsp3) is 0.296. The topological polar surface area (TPSA) is 74.8 Å². The van der Waals surface area contributed by atoms with Crippen molar-refractivity contribution < 1.29 is 4.79 Å². The number of carbonyl (C=O) groups is 1. The molecule has 0 aliphatic carbocycles. The molecular formula is C27H29N3O2S2. The minimum Gasteiger partial charge on any atom is -0.325 e. The van der Waals surface area contributed by atoms with Gasteiger partial charge in [0.2, 0.25) is 5.91 Å². The zero-order chi connectivity index (χ0) is 24.2. The molecule has 0 aliphatic rings. The van der Waals surface area contributed by atoms with E-state index in [4.69, 9.17) is 0 Å². The Bertz CT molecular complexity index is 1330. The second kappa shape index (κ2) is 10.6. The first-order valence-electron chi connectivity index (χ1n) is 11.4. The third-order valence-corrected chi connectivity index (χ3v) is 7.50. The molecule has 0 radical (unpaired) electrons. The number of H-pyrrole nitrogens is 1. The van der Waals surface area contributed by atoms with Crippen molar-refractivity contribution in [3.8, 4) is 11.1 Å². The van der Waals surface area contributed by atoms with E-state index in [-0.39, 0.29) is 17.2 Å². The highest BCUT2D eigenvalue weighted by molar-refractivity contribution is 7.99. The lowest BCUT2D eigenvalue weighted by Crippen LogP contribution is -2.18. The van der Waals surface area contributed by atoms with Gasteiger partial charge in [-0.3, -0.25) is 9.59 Å². The molecule has 0 aliphatic heterocycles. The third-order valence-electron chi connectivity index (χ3n) is 5.69. The summed E-state index contributed by atoms with van der Waals surface area (Å²) in [7, 11) is 0. The van der Waals surface area contributed by atoms with Crippen LogP contribution < -0.4 is 10.9 Å². The first kappa shape index (κ1) is 24.2. The Kier molecular flexibility index (Phi) is 7.54. The molecule has 0 fully saturated rings. The van der Waals surface area contributed by atoms with Gasteiger partial charge in [-0.25, -0.2) is 4.98 Å². The first-order chi connectivity index (χ1) is 16.3. The molecule has 0 bridgehead atoms. The molecule has 0 spiro atoms. The van der Waals surface area contributed by atoms with Gasteiger partial charge < -0.3 is 10.3 Å². The summed E-state index contributed by atoms with van der Waals surface area (Å²) in [5, 5.41) is 5.74. The van der Waals surface area contributed by atoms with E-state index in [0.717, 1.165) is 32.8 Å². The summed E-state index contributed by atoms with van der Waals surface area (Å²) in [4.78, 5) is 33.9. The molecule has 0 saturated carbocycles. The highest BCUT2D eigenvalue weighted by Gasteiger charge is 2.17. The van der Waals surface area contributed by atoms with Gasteiger partial charge in [-0.05, 0) is 28.5 Å². The van der Waals surface area contributed by atoms with Crippen LogP contribution in [0.2, 0.25) is 0 Å². The predicted octanol–water partition coefficient (Wildman–Crippen LogP) is 6.77. The summed E-state index contributed by atoms with van der Waals surface area (Å²) in [5.41, 5.74) is 4.98. The maximum absolute atomic E-state index is 12.8. The van der Waals surface area contributed by atoms with Crippen molar-refractivity contribution in [3.05, 3.63) is 81.2 Å². The number of para-hydroxylation sites is 1. The molecule has 1 amide bonds. The van der Waals surface area contributed by atoms with Crippen LogP contribution in [0.3, 0.4) is 0 Å². The molecule has 2 aromatic carbocycles. The molecule has 7 heteroatoms. The summed E-state index contributed by atoms with van der Waals surface area (Å²) >= 11 is 2.91. The highest BCUT2D eigenvalue weighted by Crippen LogP contribution is 2.33. The van der Waals surface area contributed by atoms with E-state index in [1.165, 1.54) is 23.1 Å². The van der Waals surface area contributed by atoms with E-state index >= 15 is 0 Å².